The summed E-state index contributed by atoms with van der Waals surface area (Å²) in [6, 6.07) is 11.7. The van der Waals surface area contributed by atoms with Crippen molar-refractivity contribution in [1.82, 2.24) is 4.98 Å². The molecule has 4 aromatic rings. The molecule has 5 nitrogen and oxygen atoms in total. The van der Waals surface area contributed by atoms with Crippen LogP contribution in [0.3, 0.4) is 0 Å². The second-order valence-electron chi connectivity index (χ2n) is 6.90. The van der Waals surface area contributed by atoms with E-state index in [0.29, 0.717) is 0 Å². The molecule has 4 rings (SSSR count). The van der Waals surface area contributed by atoms with E-state index in [4.69, 9.17) is 27.9 Å². The molecule has 0 saturated heterocycles. The Morgan fingerprint density at radius 2 is 1.73 bits per heavy atom. The third kappa shape index (κ3) is 5.19. The zero-order valence-corrected chi connectivity index (χ0v) is 19.7. The number of halogens is 5. The van der Waals surface area contributed by atoms with Crippen LogP contribution < -0.4 is 9.04 Å². The normalized spacial score (nSPS) is 12.2. The van der Waals surface area contributed by atoms with E-state index in [9.17, 15) is 21.6 Å². The summed E-state index contributed by atoms with van der Waals surface area (Å²) < 4.78 is 71.2. The Kier molecular flexibility index (Phi) is 6.21. The third-order valence-electron chi connectivity index (χ3n) is 4.47. The fraction of sp³-hybridized carbons (Fsp3) is 0.0952. The Morgan fingerprint density at radius 1 is 1.03 bits per heavy atom. The van der Waals surface area contributed by atoms with Gasteiger partial charge < -0.3 is 4.74 Å². The van der Waals surface area contributed by atoms with Gasteiger partial charge >= 0.3 is 6.18 Å². The topological polar surface area (TPSA) is 59.5 Å². The molecule has 2 aromatic carbocycles. The van der Waals surface area contributed by atoms with Crippen molar-refractivity contribution in [3.05, 3.63) is 75.7 Å². The Morgan fingerprint density at radius 3 is 2.36 bits per heavy atom. The van der Waals surface area contributed by atoms with Gasteiger partial charge in [0.2, 0.25) is 15.9 Å². The van der Waals surface area contributed by atoms with E-state index in [1.165, 1.54) is 23.5 Å². The second-order valence-corrected chi connectivity index (χ2v) is 10.5. The van der Waals surface area contributed by atoms with E-state index in [1.54, 1.807) is 12.1 Å². The Labute approximate surface area is 201 Å². The highest BCUT2D eigenvalue weighted by Crippen LogP contribution is 2.40. The maximum atomic E-state index is 12.8. The van der Waals surface area contributed by atoms with Gasteiger partial charge in [-0.05, 0) is 53.2 Å². The number of hydrogen-bond donors (Lipinski definition) is 0. The van der Waals surface area contributed by atoms with Crippen LogP contribution in [-0.2, 0) is 16.2 Å². The highest BCUT2D eigenvalue weighted by Gasteiger charge is 2.30. The fourth-order valence-corrected chi connectivity index (χ4v) is 5.46. The van der Waals surface area contributed by atoms with Gasteiger partial charge in [-0.3, -0.25) is 0 Å². The van der Waals surface area contributed by atoms with Crippen LogP contribution in [-0.4, -0.2) is 19.7 Å². The third-order valence-corrected chi connectivity index (χ3v) is 6.91. The number of hydrogen-bond acceptors (Lipinski definition) is 5. The summed E-state index contributed by atoms with van der Waals surface area (Å²) in [6.45, 7) is 0. The summed E-state index contributed by atoms with van der Waals surface area (Å²) in [5.74, 6) is -0.0500. The molecule has 0 fully saturated rings. The standard InChI is InChI=1S/C21H13Cl2F3N2O3S2/c1-33(29,30)28(17-8-12-6-7-32-18(12)11-16(17)22)14-9-19(23)27-20(10-14)31-15-4-2-13(3-5-15)21(24,25)26/h2-11H,1H3. The monoisotopic (exact) mass is 532 g/mol. The lowest BCUT2D eigenvalue weighted by molar-refractivity contribution is -0.137. The Balaban J connectivity index is 1.76. The Hall–Kier alpha value is -2.53. The van der Waals surface area contributed by atoms with Gasteiger partial charge in [0.1, 0.15) is 10.9 Å². The minimum atomic E-state index is -4.49. The van der Waals surface area contributed by atoms with Crippen LogP contribution in [0.25, 0.3) is 10.1 Å². The van der Waals surface area contributed by atoms with Crippen molar-refractivity contribution in [2.45, 2.75) is 6.18 Å². The number of nitrogens with zero attached hydrogens (tertiary/aromatic N) is 2. The van der Waals surface area contributed by atoms with E-state index in [1.807, 2.05) is 11.4 Å². The molecule has 0 atom stereocenters. The number of ether oxygens (including phenoxy) is 1. The molecule has 0 aliphatic heterocycles. The van der Waals surface area contributed by atoms with Crippen molar-refractivity contribution in [3.63, 3.8) is 0 Å². The fourth-order valence-electron chi connectivity index (χ4n) is 3.10. The molecule has 0 bridgehead atoms. The predicted octanol–water partition coefficient (Wildman–Crippen LogP) is 7.51. The average Bonchev–Trinajstić information content (AvgIpc) is 3.13. The van der Waals surface area contributed by atoms with E-state index in [-0.39, 0.29) is 33.2 Å². The maximum absolute atomic E-state index is 12.8. The van der Waals surface area contributed by atoms with Gasteiger partial charge in [-0.15, -0.1) is 11.3 Å². The molecular formula is C21H13Cl2F3N2O3S2. The summed E-state index contributed by atoms with van der Waals surface area (Å²) in [4.78, 5) is 3.99. The van der Waals surface area contributed by atoms with Crippen molar-refractivity contribution < 1.29 is 26.3 Å². The quantitative estimate of drug-likeness (QED) is 0.249. The van der Waals surface area contributed by atoms with Crippen molar-refractivity contribution in [3.8, 4) is 11.6 Å². The highest BCUT2D eigenvalue weighted by atomic mass is 35.5. The highest BCUT2D eigenvalue weighted by molar-refractivity contribution is 7.92. The van der Waals surface area contributed by atoms with E-state index < -0.39 is 21.8 Å². The van der Waals surface area contributed by atoms with Crippen LogP contribution >= 0.6 is 34.5 Å². The van der Waals surface area contributed by atoms with Crippen molar-refractivity contribution >= 4 is 66.0 Å². The first-order valence-electron chi connectivity index (χ1n) is 9.11. The molecular weight excluding hydrogens is 520 g/mol. The summed E-state index contributed by atoms with van der Waals surface area (Å²) in [5.41, 5.74) is -0.542. The minimum Gasteiger partial charge on any atom is -0.439 e. The lowest BCUT2D eigenvalue weighted by Gasteiger charge is -2.24. The van der Waals surface area contributed by atoms with E-state index in [0.717, 1.165) is 44.9 Å². The summed E-state index contributed by atoms with van der Waals surface area (Å²) >= 11 is 14.0. The van der Waals surface area contributed by atoms with Crippen LogP contribution in [0, 0.1) is 0 Å². The maximum Gasteiger partial charge on any atom is 0.416 e. The van der Waals surface area contributed by atoms with Gasteiger partial charge in [0.15, 0.2) is 0 Å². The van der Waals surface area contributed by atoms with Crippen molar-refractivity contribution in [1.29, 1.82) is 0 Å². The molecule has 2 aromatic heterocycles. The number of pyridine rings is 1. The molecule has 0 saturated carbocycles. The van der Waals surface area contributed by atoms with Gasteiger partial charge in [0, 0.05) is 16.8 Å². The van der Waals surface area contributed by atoms with Crippen LogP contribution in [0.5, 0.6) is 11.6 Å². The number of aromatic nitrogens is 1. The lowest BCUT2D eigenvalue weighted by Crippen LogP contribution is -2.25. The van der Waals surface area contributed by atoms with Gasteiger partial charge in [0.25, 0.3) is 0 Å². The summed E-state index contributed by atoms with van der Waals surface area (Å²) in [7, 11) is -3.89. The van der Waals surface area contributed by atoms with Crippen LogP contribution in [0.1, 0.15) is 5.56 Å². The van der Waals surface area contributed by atoms with E-state index in [2.05, 4.69) is 4.98 Å². The average molecular weight is 533 g/mol. The Bertz CT molecular complexity index is 1440. The molecule has 12 heteroatoms. The molecule has 0 unspecified atom stereocenters. The number of alkyl halides is 3. The SMILES string of the molecule is CS(=O)(=O)N(c1cc(Cl)nc(Oc2ccc(C(F)(F)F)cc2)c1)c1cc2ccsc2cc1Cl. The first-order chi connectivity index (χ1) is 15.4. The summed E-state index contributed by atoms with van der Waals surface area (Å²) in [5, 5.41) is 2.77. The summed E-state index contributed by atoms with van der Waals surface area (Å²) in [6.07, 6.45) is -3.48. The molecule has 0 radical (unpaired) electrons. The number of thiophene rings is 1. The van der Waals surface area contributed by atoms with Gasteiger partial charge in [0.05, 0.1) is 28.2 Å². The molecule has 0 spiro atoms. The van der Waals surface area contributed by atoms with Crippen molar-refractivity contribution in [2.24, 2.45) is 0 Å². The van der Waals surface area contributed by atoms with Crippen LogP contribution in [0.15, 0.2) is 60.0 Å². The van der Waals surface area contributed by atoms with Crippen LogP contribution in [0.2, 0.25) is 10.2 Å². The van der Waals surface area contributed by atoms with E-state index >= 15 is 0 Å². The minimum absolute atomic E-state index is 0.0624. The number of benzene rings is 2. The molecule has 0 aliphatic rings. The zero-order valence-electron chi connectivity index (χ0n) is 16.6. The molecule has 172 valence electrons. The van der Waals surface area contributed by atoms with Crippen molar-refractivity contribution in [2.75, 3.05) is 10.6 Å². The largest absolute Gasteiger partial charge is 0.439 e. The number of anilines is 2. The molecule has 0 amide bonds. The predicted molar refractivity (Wildman–Crippen MR) is 125 cm³/mol. The number of rotatable bonds is 5. The molecule has 33 heavy (non-hydrogen) atoms. The lowest BCUT2D eigenvalue weighted by atomic mass is 10.2. The molecule has 0 N–H and O–H groups in total. The van der Waals surface area contributed by atoms with Crippen LogP contribution in [0.4, 0.5) is 24.5 Å². The first kappa shape index (κ1) is 23.6. The van der Waals surface area contributed by atoms with Gasteiger partial charge in [-0.2, -0.15) is 13.2 Å². The zero-order chi connectivity index (χ0) is 24.0. The number of sulfonamides is 1. The smallest absolute Gasteiger partial charge is 0.416 e. The first-order valence-corrected chi connectivity index (χ1v) is 12.6. The van der Waals surface area contributed by atoms with Gasteiger partial charge in [-0.1, -0.05) is 23.2 Å². The number of fused-ring (bicyclic) bond motifs is 1. The van der Waals surface area contributed by atoms with Gasteiger partial charge in [-0.25, -0.2) is 17.7 Å². The molecule has 0 aliphatic carbocycles. The second kappa shape index (κ2) is 8.68. The molecule has 2 heterocycles.